The van der Waals surface area contributed by atoms with Crippen LogP contribution >= 0.6 is 0 Å². The Morgan fingerprint density at radius 1 is 1.11 bits per heavy atom. The highest BCUT2D eigenvalue weighted by Gasteiger charge is 2.52. The number of esters is 2. The summed E-state index contributed by atoms with van der Waals surface area (Å²) in [4.78, 5) is 24.7. The topological polar surface area (TPSA) is 52.6 Å². The van der Waals surface area contributed by atoms with Crippen molar-refractivity contribution in [3.05, 3.63) is 12.7 Å². The predicted octanol–water partition coefficient (Wildman–Crippen LogP) is 2.97. The summed E-state index contributed by atoms with van der Waals surface area (Å²) < 4.78 is 10.2. The van der Waals surface area contributed by atoms with E-state index >= 15 is 0 Å². The van der Waals surface area contributed by atoms with E-state index in [1.807, 2.05) is 13.8 Å². The molecule has 0 amide bonds. The monoisotopic (exact) mass is 270 g/mol. The molecule has 110 valence electrons. The van der Waals surface area contributed by atoms with E-state index < -0.39 is 17.4 Å². The highest BCUT2D eigenvalue weighted by atomic mass is 16.6. The third kappa shape index (κ3) is 4.08. The van der Waals surface area contributed by atoms with Crippen LogP contribution in [-0.4, -0.2) is 25.2 Å². The van der Waals surface area contributed by atoms with Gasteiger partial charge in [0, 0.05) is 5.92 Å². The molecular weight excluding hydrogens is 244 g/mol. The molecular formula is C15H26O4. The van der Waals surface area contributed by atoms with Crippen molar-refractivity contribution in [2.45, 2.75) is 41.0 Å². The first-order valence-corrected chi connectivity index (χ1v) is 6.83. The second-order valence-corrected chi connectivity index (χ2v) is 5.03. The van der Waals surface area contributed by atoms with Crippen LogP contribution in [0, 0.1) is 17.3 Å². The van der Waals surface area contributed by atoms with Crippen LogP contribution in [0.15, 0.2) is 12.7 Å². The van der Waals surface area contributed by atoms with Gasteiger partial charge in [-0.05, 0) is 26.2 Å². The quantitative estimate of drug-likeness (QED) is 0.386. The van der Waals surface area contributed by atoms with Crippen LogP contribution in [-0.2, 0) is 19.1 Å². The van der Waals surface area contributed by atoms with Gasteiger partial charge in [0.1, 0.15) is 0 Å². The lowest BCUT2D eigenvalue weighted by Gasteiger charge is -2.34. The molecule has 0 rings (SSSR count). The molecule has 4 nitrogen and oxygen atoms in total. The van der Waals surface area contributed by atoms with Gasteiger partial charge in [0.2, 0.25) is 0 Å². The fourth-order valence-electron chi connectivity index (χ4n) is 2.17. The van der Waals surface area contributed by atoms with Gasteiger partial charge in [-0.3, -0.25) is 9.59 Å². The number of ether oxygens (including phenoxy) is 2. The summed E-state index contributed by atoms with van der Waals surface area (Å²) in [5, 5.41) is 0. The average Bonchev–Trinajstić information content (AvgIpc) is 2.35. The molecule has 0 N–H and O–H groups in total. The molecule has 0 aromatic heterocycles. The third-order valence-electron chi connectivity index (χ3n) is 3.14. The van der Waals surface area contributed by atoms with Crippen molar-refractivity contribution in [1.82, 2.24) is 0 Å². The summed E-state index contributed by atoms with van der Waals surface area (Å²) in [5.74, 6) is -1.21. The summed E-state index contributed by atoms with van der Waals surface area (Å²) >= 11 is 0. The molecule has 4 heteroatoms. The smallest absolute Gasteiger partial charge is 0.324 e. The largest absolute Gasteiger partial charge is 0.465 e. The van der Waals surface area contributed by atoms with E-state index in [-0.39, 0.29) is 25.0 Å². The Hall–Kier alpha value is -1.32. The zero-order valence-electron chi connectivity index (χ0n) is 12.7. The summed E-state index contributed by atoms with van der Waals surface area (Å²) in [6.45, 7) is 13.3. The van der Waals surface area contributed by atoms with Crippen molar-refractivity contribution in [2.24, 2.45) is 17.3 Å². The lowest BCUT2D eigenvalue weighted by Crippen LogP contribution is -2.47. The van der Waals surface area contributed by atoms with Crippen LogP contribution in [0.3, 0.4) is 0 Å². The predicted molar refractivity (Wildman–Crippen MR) is 74.5 cm³/mol. The van der Waals surface area contributed by atoms with Gasteiger partial charge in [-0.25, -0.2) is 0 Å². The zero-order valence-corrected chi connectivity index (χ0v) is 12.7. The second-order valence-electron chi connectivity index (χ2n) is 5.03. The minimum absolute atomic E-state index is 0.163. The molecule has 0 heterocycles. The SMILES string of the molecule is C=CC(C)C(CC(C)C)(C(=O)OCC)C(=O)OCC. The molecule has 0 aliphatic heterocycles. The van der Waals surface area contributed by atoms with Gasteiger partial charge >= 0.3 is 11.9 Å². The fraction of sp³-hybridized carbons (Fsp3) is 0.733. The van der Waals surface area contributed by atoms with E-state index in [4.69, 9.17) is 9.47 Å². The maximum atomic E-state index is 12.3. The van der Waals surface area contributed by atoms with Gasteiger partial charge in [-0.1, -0.05) is 26.8 Å². The maximum Gasteiger partial charge on any atom is 0.324 e. The molecule has 1 unspecified atom stereocenters. The Balaban J connectivity index is 5.62. The van der Waals surface area contributed by atoms with Gasteiger partial charge in [-0.15, -0.1) is 6.58 Å². The van der Waals surface area contributed by atoms with E-state index in [2.05, 4.69) is 6.58 Å². The molecule has 0 fully saturated rings. The van der Waals surface area contributed by atoms with Gasteiger partial charge in [-0.2, -0.15) is 0 Å². The molecule has 0 aromatic carbocycles. The van der Waals surface area contributed by atoms with Crippen molar-refractivity contribution in [2.75, 3.05) is 13.2 Å². The fourth-order valence-corrected chi connectivity index (χ4v) is 2.17. The van der Waals surface area contributed by atoms with Crippen molar-refractivity contribution >= 4 is 11.9 Å². The molecule has 0 bridgehead atoms. The van der Waals surface area contributed by atoms with Crippen LogP contribution in [0.4, 0.5) is 0 Å². The number of carbonyl (C=O) groups is 2. The van der Waals surface area contributed by atoms with Crippen molar-refractivity contribution < 1.29 is 19.1 Å². The Morgan fingerprint density at radius 2 is 1.53 bits per heavy atom. The van der Waals surface area contributed by atoms with E-state index in [0.717, 1.165) is 0 Å². The molecule has 0 saturated carbocycles. The number of carbonyl (C=O) groups excluding carboxylic acids is 2. The molecule has 0 aliphatic rings. The van der Waals surface area contributed by atoms with Gasteiger partial charge in [0.15, 0.2) is 5.41 Å². The number of rotatable bonds is 8. The van der Waals surface area contributed by atoms with Crippen molar-refractivity contribution in [1.29, 1.82) is 0 Å². The highest BCUT2D eigenvalue weighted by Crippen LogP contribution is 2.38. The summed E-state index contributed by atoms with van der Waals surface area (Å²) in [7, 11) is 0. The summed E-state index contributed by atoms with van der Waals surface area (Å²) in [5.41, 5.74) is -1.29. The lowest BCUT2D eigenvalue weighted by atomic mass is 9.70. The van der Waals surface area contributed by atoms with Gasteiger partial charge in [0.25, 0.3) is 0 Å². The van der Waals surface area contributed by atoms with Crippen LogP contribution in [0.2, 0.25) is 0 Å². The Kier molecular flexibility index (Phi) is 7.42. The van der Waals surface area contributed by atoms with Crippen LogP contribution in [0.5, 0.6) is 0 Å². The Morgan fingerprint density at radius 3 is 1.79 bits per heavy atom. The summed E-state index contributed by atoms with van der Waals surface area (Å²) in [6.07, 6.45) is 1.99. The lowest BCUT2D eigenvalue weighted by molar-refractivity contribution is -0.176. The first-order chi connectivity index (χ1) is 8.86. The molecule has 0 radical (unpaired) electrons. The molecule has 1 atom stereocenters. The highest BCUT2D eigenvalue weighted by molar-refractivity contribution is 6.00. The number of hydrogen-bond donors (Lipinski definition) is 0. The molecule has 19 heavy (non-hydrogen) atoms. The normalized spacial score (nSPS) is 12.9. The Bertz CT molecular complexity index is 302. The van der Waals surface area contributed by atoms with Gasteiger partial charge in [0.05, 0.1) is 13.2 Å². The van der Waals surface area contributed by atoms with Gasteiger partial charge < -0.3 is 9.47 Å². The first kappa shape index (κ1) is 17.7. The minimum Gasteiger partial charge on any atom is -0.465 e. The van der Waals surface area contributed by atoms with E-state index in [0.29, 0.717) is 6.42 Å². The molecule has 0 aliphatic carbocycles. The van der Waals surface area contributed by atoms with E-state index in [1.165, 1.54) is 0 Å². The average molecular weight is 270 g/mol. The number of hydrogen-bond acceptors (Lipinski definition) is 4. The molecule has 0 saturated heterocycles. The Labute approximate surface area is 116 Å². The zero-order chi connectivity index (χ0) is 15.1. The minimum atomic E-state index is -1.29. The maximum absolute atomic E-state index is 12.3. The first-order valence-electron chi connectivity index (χ1n) is 6.83. The molecule has 0 aromatic rings. The van der Waals surface area contributed by atoms with E-state index in [1.54, 1.807) is 26.8 Å². The van der Waals surface area contributed by atoms with Crippen molar-refractivity contribution in [3.8, 4) is 0 Å². The summed E-state index contributed by atoms with van der Waals surface area (Å²) in [6, 6.07) is 0. The molecule has 0 spiro atoms. The second kappa shape index (κ2) is 7.97. The number of allylic oxidation sites excluding steroid dienone is 1. The van der Waals surface area contributed by atoms with Crippen LogP contribution in [0.25, 0.3) is 0 Å². The standard InChI is InChI=1S/C15H26O4/c1-7-12(6)15(10-11(4)5,13(16)18-8-2)14(17)19-9-3/h7,11-12H,1,8-10H2,2-6H3. The van der Waals surface area contributed by atoms with Crippen LogP contribution < -0.4 is 0 Å². The van der Waals surface area contributed by atoms with Crippen LogP contribution in [0.1, 0.15) is 41.0 Å². The third-order valence-corrected chi connectivity index (χ3v) is 3.14. The van der Waals surface area contributed by atoms with E-state index in [9.17, 15) is 9.59 Å². The van der Waals surface area contributed by atoms with Crippen molar-refractivity contribution in [3.63, 3.8) is 0 Å².